The van der Waals surface area contributed by atoms with Gasteiger partial charge < -0.3 is 14.8 Å². The van der Waals surface area contributed by atoms with Crippen LogP contribution in [0.2, 0.25) is 0 Å². The average Bonchev–Trinajstić information content (AvgIpc) is 2.76. The Morgan fingerprint density at radius 3 is 3.13 bits per heavy atom. The summed E-state index contributed by atoms with van der Waals surface area (Å²) in [5.74, 6) is -0.436. The van der Waals surface area contributed by atoms with Crippen LogP contribution in [0.1, 0.15) is 19.5 Å². The SMILES string of the molecule is CC1(C)OCC(CNCc2csnn2)O1. The lowest BCUT2D eigenvalue weighted by Gasteiger charge is -2.17. The van der Waals surface area contributed by atoms with E-state index in [0.29, 0.717) is 6.61 Å². The predicted octanol–water partition coefficient (Wildman–Crippen LogP) is 0.779. The van der Waals surface area contributed by atoms with Gasteiger partial charge in [-0.2, -0.15) is 0 Å². The van der Waals surface area contributed by atoms with Crippen molar-refractivity contribution in [2.45, 2.75) is 32.3 Å². The highest BCUT2D eigenvalue weighted by Gasteiger charge is 2.32. The number of hydrogen-bond acceptors (Lipinski definition) is 6. The molecule has 0 amide bonds. The van der Waals surface area contributed by atoms with Gasteiger partial charge in [0.25, 0.3) is 0 Å². The summed E-state index contributed by atoms with van der Waals surface area (Å²) in [7, 11) is 0. The van der Waals surface area contributed by atoms with Gasteiger partial charge in [0.1, 0.15) is 0 Å². The van der Waals surface area contributed by atoms with E-state index in [4.69, 9.17) is 9.47 Å². The van der Waals surface area contributed by atoms with Crippen molar-refractivity contribution in [1.82, 2.24) is 14.9 Å². The number of nitrogens with one attached hydrogen (secondary N) is 1. The molecule has 1 saturated heterocycles. The van der Waals surface area contributed by atoms with Gasteiger partial charge >= 0.3 is 0 Å². The lowest BCUT2D eigenvalue weighted by molar-refractivity contribution is -0.137. The van der Waals surface area contributed by atoms with Crippen molar-refractivity contribution in [1.29, 1.82) is 0 Å². The molecule has 1 N–H and O–H groups in total. The number of ether oxygens (including phenoxy) is 2. The molecule has 0 aliphatic carbocycles. The van der Waals surface area contributed by atoms with Crippen LogP contribution in [0.4, 0.5) is 0 Å². The molecule has 1 unspecified atom stereocenters. The van der Waals surface area contributed by atoms with Crippen LogP contribution in [0.5, 0.6) is 0 Å². The Balaban J connectivity index is 1.67. The first-order valence-electron chi connectivity index (χ1n) is 4.94. The maximum absolute atomic E-state index is 5.65. The van der Waals surface area contributed by atoms with E-state index < -0.39 is 5.79 Å². The fourth-order valence-corrected chi connectivity index (χ4v) is 1.94. The van der Waals surface area contributed by atoms with Gasteiger partial charge in [-0.3, -0.25) is 0 Å². The largest absolute Gasteiger partial charge is 0.348 e. The average molecular weight is 229 g/mol. The minimum Gasteiger partial charge on any atom is -0.348 e. The molecule has 1 atom stereocenters. The summed E-state index contributed by atoms with van der Waals surface area (Å²) >= 11 is 1.36. The third kappa shape index (κ3) is 3.20. The molecule has 1 aliphatic rings. The number of hydrogen-bond donors (Lipinski definition) is 1. The molecule has 0 saturated carbocycles. The molecular weight excluding hydrogens is 214 g/mol. The molecule has 15 heavy (non-hydrogen) atoms. The lowest BCUT2D eigenvalue weighted by Crippen LogP contribution is -2.30. The number of rotatable bonds is 4. The molecule has 5 nitrogen and oxygen atoms in total. The molecule has 2 heterocycles. The summed E-state index contributed by atoms with van der Waals surface area (Å²) in [6.45, 7) is 6.02. The summed E-state index contributed by atoms with van der Waals surface area (Å²) in [5.41, 5.74) is 0.971. The fourth-order valence-electron chi connectivity index (χ4n) is 1.49. The summed E-state index contributed by atoms with van der Waals surface area (Å²) in [5, 5.41) is 9.14. The lowest BCUT2D eigenvalue weighted by atomic mass is 10.3. The zero-order chi connectivity index (χ0) is 10.7. The topological polar surface area (TPSA) is 56.3 Å². The van der Waals surface area contributed by atoms with Gasteiger partial charge in [0.15, 0.2) is 5.79 Å². The van der Waals surface area contributed by atoms with E-state index in [1.165, 1.54) is 11.5 Å². The Bertz CT molecular complexity index is 302. The van der Waals surface area contributed by atoms with Crippen molar-refractivity contribution in [2.24, 2.45) is 0 Å². The van der Waals surface area contributed by atoms with E-state index in [1.807, 2.05) is 19.2 Å². The zero-order valence-corrected chi connectivity index (χ0v) is 9.71. The quantitative estimate of drug-likeness (QED) is 0.827. The summed E-state index contributed by atoms with van der Waals surface area (Å²) in [6.07, 6.45) is 0.131. The van der Waals surface area contributed by atoms with Crippen molar-refractivity contribution in [3.63, 3.8) is 0 Å². The summed E-state index contributed by atoms with van der Waals surface area (Å²) < 4.78 is 14.9. The van der Waals surface area contributed by atoms with Gasteiger partial charge in [-0.1, -0.05) is 4.49 Å². The monoisotopic (exact) mass is 229 g/mol. The molecule has 6 heteroatoms. The van der Waals surface area contributed by atoms with Crippen molar-refractivity contribution < 1.29 is 9.47 Å². The van der Waals surface area contributed by atoms with Crippen molar-refractivity contribution >= 4 is 11.5 Å². The third-order valence-electron chi connectivity index (χ3n) is 2.15. The van der Waals surface area contributed by atoms with Crippen LogP contribution in [0.15, 0.2) is 5.38 Å². The minimum atomic E-state index is -0.436. The second-order valence-electron chi connectivity index (χ2n) is 3.98. The summed E-state index contributed by atoms with van der Waals surface area (Å²) in [6, 6.07) is 0. The van der Waals surface area contributed by atoms with E-state index in [2.05, 4.69) is 14.9 Å². The van der Waals surface area contributed by atoms with Gasteiger partial charge in [-0.25, -0.2) is 0 Å². The number of aromatic nitrogens is 2. The van der Waals surface area contributed by atoms with Crippen LogP contribution in [-0.2, 0) is 16.0 Å². The second-order valence-corrected chi connectivity index (χ2v) is 4.59. The highest BCUT2D eigenvalue weighted by Crippen LogP contribution is 2.21. The van der Waals surface area contributed by atoms with Crippen molar-refractivity contribution in [2.75, 3.05) is 13.2 Å². The van der Waals surface area contributed by atoms with Crippen LogP contribution in [-0.4, -0.2) is 34.6 Å². The molecule has 84 valence electrons. The molecule has 0 aromatic carbocycles. The third-order valence-corrected chi connectivity index (χ3v) is 2.70. The van der Waals surface area contributed by atoms with E-state index in [0.717, 1.165) is 18.8 Å². The first-order chi connectivity index (χ1) is 7.16. The molecule has 2 rings (SSSR count). The van der Waals surface area contributed by atoms with Crippen LogP contribution >= 0.6 is 11.5 Å². The minimum absolute atomic E-state index is 0.131. The molecule has 0 radical (unpaired) electrons. The first kappa shape index (κ1) is 10.9. The van der Waals surface area contributed by atoms with Crippen LogP contribution < -0.4 is 5.32 Å². The maximum atomic E-state index is 5.65. The highest BCUT2D eigenvalue weighted by molar-refractivity contribution is 7.03. The standard InChI is InChI=1S/C9H15N3O2S/c1-9(2)13-5-8(14-9)4-10-3-7-6-15-12-11-7/h6,8,10H,3-5H2,1-2H3. The second kappa shape index (κ2) is 4.52. The molecule has 1 fully saturated rings. The van der Waals surface area contributed by atoms with E-state index in [-0.39, 0.29) is 6.10 Å². The Morgan fingerprint density at radius 1 is 1.67 bits per heavy atom. The first-order valence-corrected chi connectivity index (χ1v) is 5.78. The van der Waals surface area contributed by atoms with Crippen molar-refractivity contribution in [3.05, 3.63) is 11.1 Å². The zero-order valence-electron chi connectivity index (χ0n) is 8.90. The van der Waals surface area contributed by atoms with E-state index in [9.17, 15) is 0 Å². The number of nitrogens with zero attached hydrogens (tertiary/aromatic N) is 2. The molecule has 0 bridgehead atoms. The molecule has 1 aromatic rings. The summed E-state index contributed by atoms with van der Waals surface area (Å²) in [4.78, 5) is 0. The van der Waals surface area contributed by atoms with Crippen LogP contribution in [0.3, 0.4) is 0 Å². The molecule has 1 aliphatic heterocycles. The Kier molecular flexibility index (Phi) is 3.30. The smallest absolute Gasteiger partial charge is 0.163 e. The van der Waals surface area contributed by atoms with Crippen LogP contribution in [0, 0.1) is 0 Å². The van der Waals surface area contributed by atoms with Gasteiger partial charge in [0.05, 0.1) is 18.4 Å². The predicted molar refractivity (Wildman–Crippen MR) is 56.5 cm³/mol. The highest BCUT2D eigenvalue weighted by atomic mass is 32.1. The molecule has 0 spiro atoms. The fraction of sp³-hybridized carbons (Fsp3) is 0.778. The normalized spacial score (nSPS) is 24.5. The molecular formula is C9H15N3O2S. The maximum Gasteiger partial charge on any atom is 0.163 e. The van der Waals surface area contributed by atoms with Gasteiger partial charge in [-0.05, 0) is 25.4 Å². The van der Waals surface area contributed by atoms with Gasteiger partial charge in [0, 0.05) is 18.5 Å². The van der Waals surface area contributed by atoms with Crippen molar-refractivity contribution in [3.8, 4) is 0 Å². The van der Waals surface area contributed by atoms with E-state index in [1.54, 1.807) is 0 Å². The Hall–Kier alpha value is -0.560. The molecule has 1 aromatic heterocycles. The Morgan fingerprint density at radius 2 is 2.53 bits per heavy atom. The van der Waals surface area contributed by atoms with Crippen LogP contribution in [0.25, 0.3) is 0 Å². The van der Waals surface area contributed by atoms with E-state index >= 15 is 0 Å². The Labute approximate surface area is 92.9 Å². The van der Waals surface area contributed by atoms with Gasteiger partial charge in [-0.15, -0.1) is 5.10 Å². The van der Waals surface area contributed by atoms with Gasteiger partial charge in [0.2, 0.25) is 0 Å².